The highest BCUT2D eigenvalue weighted by atomic mass is 16.6. The van der Waals surface area contributed by atoms with Gasteiger partial charge in [0.1, 0.15) is 5.60 Å². The number of hydrogen-bond donors (Lipinski definition) is 1. The summed E-state index contributed by atoms with van der Waals surface area (Å²) < 4.78 is 5.97. The van der Waals surface area contributed by atoms with Crippen molar-refractivity contribution >= 4 is 5.97 Å². The third-order valence-corrected chi connectivity index (χ3v) is 9.79. The number of fused-ring (bicyclic) bond motifs is 6. The Morgan fingerprint density at radius 3 is 2.70 bits per heavy atom. The third kappa shape index (κ3) is 2.28. The maximum Gasteiger partial charge on any atom is 0.303 e. The van der Waals surface area contributed by atoms with E-state index < -0.39 is 0 Å². The minimum Gasteiger partial charge on any atom is -0.459 e. The number of nitrogens with zero attached hydrogens (tertiary/aromatic N) is 1. The predicted molar refractivity (Wildman–Crippen MR) is 104 cm³/mol. The molecule has 3 saturated carbocycles. The van der Waals surface area contributed by atoms with Gasteiger partial charge in [0.05, 0.1) is 6.20 Å². The number of carbonyl (C=O) groups excluding carboxylic acids is 1. The fourth-order valence-electron chi connectivity index (χ4n) is 8.18. The lowest BCUT2D eigenvalue weighted by atomic mass is 9.44. The predicted octanol–water partition coefficient (Wildman–Crippen LogP) is 4.69. The second kappa shape index (κ2) is 5.61. The second-order valence-electron chi connectivity index (χ2n) is 10.7. The van der Waals surface area contributed by atoms with Gasteiger partial charge in [-0.25, -0.2) is 0 Å². The lowest BCUT2D eigenvalue weighted by Gasteiger charge is -2.61. The van der Waals surface area contributed by atoms with Gasteiger partial charge in [0.2, 0.25) is 0 Å². The number of nitrogens with one attached hydrogen (secondary N) is 1. The fraction of sp³-hybridized carbons (Fsp3) is 0.826. The standard InChI is InChI=1S/C23H34N2O2/c1-14(26)27-23(4)10-8-19-17-6-5-16-11-20-15(13-24-25-20)12-21(16,2)18(17)7-9-22(19,23)3/h13,16-19H,5-12H2,1-4H3,(H,24,25)/t16?,17?,18?,19?,21-,22-,23-/m0/s1. The van der Waals surface area contributed by atoms with E-state index in [1.54, 1.807) is 6.92 Å². The largest absolute Gasteiger partial charge is 0.459 e. The minimum absolute atomic E-state index is 0.114. The molecule has 4 nitrogen and oxygen atoms in total. The van der Waals surface area contributed by atoms with Gasteiger partial charge in [-0.1, -0.05) is 13.8 Å². The number of H-pyrrole nitrogens is 1. The van der Waals surface area contributed by atoms with Crippen LogP contribution in [0.15, 0.2) is 6.20 Å². The molecule has 0 amide bonds. The van der Waals surface area contributed by atoms with E-state index >= 15 is 0 Å². The molecule has 0 aliphatic heterocycles. The van der Waals surface area contributed by atoms with Crippen molar-refractivity contribution in [3.63, 3.8) is 0 Å². The summed E-state index contributed by atoms with van der Waals surface area (Å²) in [6, 6.07) is 0. The average molecular weight is 371 g/mol. The van der Waals surface area contributed by atoms with Crippen LogP contribution < -0.4 is 0 Å². The van der Waals surface area contributed by atoms with Gasteiger partial charge >= 0.3 is 5.97 Å². The van der Waals surface area contributed by atoms with Crippen LogP contribution in [0.1, 0.15) is 77.5 Å². The monoisotopic (exact) mass is 370 g/mol. The van der Waals surface area contributed by atoms with Gasteiger partial charge in [0.15, 0.2) is 0 Å². The van der Waals surface area contributed by atoms with Crippen LogP contribution in [0.3, 0.4) is 0 Å². The molecule has 148 valence electrons. The Balaban J connectivity index is 1.46. The quantitative estimate of drug-likeness (QED) is 0.730. The van der Waals surface area contributed by atoms with Gasteiger partial charge in [-0.15, -0.1) is 0 Å². The van der Waals surface area contributed by atoms with Gasteiger partial charge in [0.25, 0.3) is 0 Å². The molecule has 0 bridgehead atoms. The highest BCUT2D eigenvalue weighted by Gasteiger charge is 2.64. The van der Waals surface area contributed by atoms with E-state index in [0.29, 0.717) is 11.3 Å². The molecule has 0 radical (unpaired) electrons. The van der Waals surface area contributed by atoms with E-state index in [0.717, 1.165) is 24.2 Å². The van der Waals surface area contributed by atoms with Gasteiger partial charge < -0.3 is 4.74 Å². The van der Waals surface area contributed by atoms with E-state index in [-0.39, 0.29) is 17.0 Å². The van der Waals surface area contributed by atoms with Crippen LogP contribution >= 0.6 is 0 Å². The molecule has 0 spiro atoms. The zero-order chi connectivity index (χ0) is 19.0. The number of hydrogen-bond acceptors (Lipinski definition) is 3. The molecule has 3 fully saturated rings. The molecule has 0 saturated heterocycles. The summed E-state index contributed by atoms with van der Waals surface area (Å²) in [6.45, 7) is 8.78. The summed E-state index contributed by atoms with van der Waals surface area (Å²) in [5.41, 5.74) is 3.11. The number of esters is 1. The van der Waals surface area contributed by atoms with E-state index in [1.165, 1.54) is 56.2 Å². The number of ether oxygens (including phenoxy) is 1. The smallest absolute Gasteiger partial charge is 0.303 e. The van der Waals surface area contributed by atoms with Crippen LogP contribution in [0.4, 0.5) is 0 Å². The molecule has 4 aliphatic rings. The maximum absolute atomic E-state index is 11.8. The van der Waals surface area contributed by atoms with Gasteiger partial charge in [0, 0.05) is 18.0 Å². The summed E-state index contributed by atoms with van der Waals surface area (Å²) >= 11 is 0. The number of aromatic nitrogens is 2. The third-order valence-electron chi connectivity index (χ3n) is 9.79. The SMILES string of the molecule is CC(=O)O[C@@]1(C)CCC2C3CCC4Cc5[nH]ncc5C[C@]4(C)C3CC[C@@]21C. The molecule has 1 aromatic heterocycles. The summed E-state index contributed by atoms with van der Waals surface area (Å²) in [7, 11) is 0. The first-order valence-corrected chi connectivity index (χ1v) is 11.0. The average Bonchev–Trinajstić information content (AvgIpc) is 3.13. The topological polar surface area (TPSA) is 55.0 Å². The van der Waals surface area contributed by atoms with Crippen LogP contribution in [0, 0.1) is 34.5 Å². The first kappa shape index (κ1) is 17.8. The van der Waals surface area contributed by atoms with Crippen molar-refractivity contribution in [2.24, 2.45) is 34.5 Å². The minimum atomic E-state index is -0.281. The van der Waals surface area contributed by atoms with Crippen LogP contribution in [0.2, 0.25) is 0 Å². The van der Waals surface area contributed by atoms with E-state index in [2.05, 4.69) is 37.2 Å². The maximum atomic E-state index is 11.8. The number of aromatic amines is 1. The van der Waals surface area contributed by atoms with Crippen molar-refractivity contribution in [3.05, 3.63) is 17.5 Å². The van der Waals surface area contributed by atoms with Crippen molar-refractivity contribution in [2.75, 3.05) is 0 Å². The zero-order valence-electron chi connectivity index (χ0n) is 17.3. The van der Waals surface area contributed by atoms with Crippen molar-refractivity contribution in [3.8, 4) is 0 Å². The zero-order valence-corrected chi connectivity index (χ0v) is 17.3. The van der Waals surface area contributed by atoms with Crippen molar-refractivity contribution in [2.45, 2.75) is 84.7 Å². The second-order valence-corrected chi connectivity index (χ2v) is 10.7. The van der Waals surface area contributed by atoms with E-state index in [9.17, 15) is 4.79 Å². The first-order valence-electron chi connectivity index (χ1n) is 11.0. The Morgan fingerprint density at radius 1 is 1.15 bits per heavy atom. The number of carbonyl (C=O) groups is 1. The van der Waals surface area contributed by atoms with Crippen LogP contribution in [0.5, 0.6) is 0 Å². The van der Waals surface area contributed by atoms with E-state index in [1.807, 2.05) is 0 Å². The first-order chi connectivity index (χ1) is 12.8. The van der Waals surface area contributed by atoms with Crippen LogP contribution in [0.25, 0.3) is 0 Å². The molecule has 4 heteroatoms. The molecule has 4 unspecified atom stereocenters. The Hall–Kier alpha value is -1.32. The molecular weight excluding hydrogens is 336 g/mol. The van der Waals surface area contributed by atoms with Gasteiger partial charge in [-0.2, -0.15) is 5.10 Å². The molecule has 5 rings (SSSR count). The van der Waals surface area contributed by atoms with Crippen molar-refractivity contribution in [1.82, 2.24) is 10.2 Å². The fourth-order valence-corrected chi connectivity index (χ4v) is 8.18. The molecule has 1 heterocycles. The lowest BCUT2D eigenvalue weighted by molar-refractivity contribution is -0.181. The summed E-state index contributed by atoms with van der Waals surface area (Å²) in [5, 5.41) is 7.59. The van der Waals surface area contributed by atoms with Crippen LogP contribution in [-0.2, 0) is 22.4 Å². The highest BCUT2D eigenvalue weighted by Crippen LogP contribution is 2.68. The summed E-state index contributed by atoms with van der Waals surface area (Å²) in [6.07, 6.45) is 11.9. The van der Waals surface area contributed by atoms with Crippen molar-refractivity contribution < 1.29 is 9.53 Å². The normalized spacial score (nSPS) is 48.1. The Morgan fingerprint density at radius 2 is 1.93 bits per heavy atom. The van der Waals surface area contributed by atoms with E-state index in [4.69, 9.17) is 4.74 Å². The highest BCUT2D eigenvalue weighted by molar-refractivity contribution is 5.66. The molecule has 7 atom stereocenters. The molecule has 0 aromatic carbocycles. The van der Waals surface area contributed by atoms with Gasteiger partial charge in [-0.05, 0) is 92.9 Å². The number of rotatable bonds is 1. The Kier molecular flexibility index (Phi) is 3.69. The summed E-state index contributed by atoms with van der Waals surface area (Å²) in [5.74, 6) is 2.96. The molecule has 27 heavy (non-hydrogen) atoms. The van der Waals surface area contributed by atoms with Gasteiger partial charge in [-0.3, -0.25) is 9.89 Å². The molecular formula is C23H34N2O2. The Labute approximate surface area is 162 Å². The molecule has 4 aliphatic carbocycles. The van der Waals surface area contributed by atoms with Crippen LogP contribution in [-0.4, -0.2) is 21.8 Å². The summed E-state index contributed by atoms with van der Waals surface area (Å²) in [4.78, 5) is 11.8. The lowest BCUT2D eigenvalue weighted by Crippen LogP contribution is -2.57. The van der Waals surface area contributed by atoms with Crippen molar-refractivity contribution in [1.29, 1.82) is 0 Å². The molecule has 1 N–H and O–H groups in total. The molecule has 1 aromatic rings. The Bertz CT molecular complexity index is 772.